The summed E-state index contributed by atoms with van der Waals surface area (Å²) in [5.41, 5.74) is 8.36. The van der Waals surface area contributed by atoms with E-state index < -0.39 is 60.4 Å². The van der Waals surface area contributed by atoms with E-state index in [1.807, 2.05) is 89.6 Å². The maximum Gasteiger partial charge on any atom is 0.269 e. The number of para-hydroxylation sites is 3. The minimum atomic E-state index is -0.570. The molecule has 3 aromatic heterocycles. The van der Waals surface area contributed by atoms with Crippen molar-refractivity contribution in [1.29, 1.82) is 0 Å². The van der Waals surface area contributed by atoms with Gasteiger partial charge in [-0.15, -0.1) is 0 Å². The van der Waals surface area contributed by atoms with Gasteiger partial charge in [0.25, 0.3) is 6.33 Å². The van der Waals surface area contributed by atoms with E-state index in [1.54, 1.807) is 16.7 Å². The lowest BCUT2D eigenvalue weighted by Crippen LogP contribution is -2.31. The lowest BCUT2D eigenvalue weighted by Gasteiger charge is -2.22. The molecule has 0 atom stereocenters. The second kappa shape index (κ2) is 16.3. The van der Waals surface area contributed by atoms with Gasteiger partial charge < -0.3 is 4.74 Å². The largest absolute Gasteiger partial charge is 0.458 e. The van der Waals surface area contributed by atoms with Gasteiger partial charge in [0.05, 0.1) is 47.1 Å². The number of hydrogen-bond donors (Lipinski definition) is 0. The predicted octanol–water partition coefficient (Wildman–Crippen LogP) is 16.2. The lowest BCUT2D eigenvalue weighted by atomic mass is 9.82. The van der Waals surface area contributed by atoms with E-state index in [-0.39, 0.29) is 44.2 Å². The van der Waals surface area contributed by atoms with Crippen LogP contribution < -0.4 is 9.30 Å². The molecule has 0 saturated carbocycles. The molecule has 8 aromatic carbocycles. The first-order valence-electron chi connectivity index (χ1n) is 28.7. The van der Waals surface area contributed by atoms with E-state index in [1.165, 1.54) is 5.56 Å². The topological polar surface area (TPSA) is 35.9 Å². The van der Waals surface area contributed by atoms with Crippen LogP contribution in [0.3, 0.4) is 0 Å². The van der Waals surface area contributed by atoms with Gasteiger partial charge >= 0.3 is 0 Å². The molecule has 0 aliphatic heterocycles. The van der Waals surface area contributed by atoms with Crippen LogP contribution in [-0.4, -0.2) is 14.1 Å². The summed E-state index contributed by atoms with van der Waals surface area (Å²) in [7, 11) is 0. The Kier molecular flexibility index (Phi) is 7.80. The number of rotatable bonds is 8. The van der Waals surface area contributed by atoms with Gasteiger partial charge in [0.15, 0.2) is 0 Å². The Bertz CT molecular complexity index is 4290. The maximum atomic E-state index is 9.46. The molecule has 0 amide bonds. The molecule has 5 nitrogen and oxygen atoms in total. The van der Waals surface area contributed by atoms with Crippen molar-refractivity contribution in [3.05, 3.63) is 223 Å². The SMILES string of the molecule is [2H]c1c([2H])c([2H])c(-c2cc(-c3ccc4c(c3)C(C)(C)CC4(C)C)cc(-c3c([2H])c([2H])c([2H])c([2H])c3[2H])c2-[n+]2[c-]n(-c3cccc(Oc4ccc5c6ccccc6n(-c6cc(C(C)(C)C)ccn6)c5c4)c3)c3ccccc32)c([2H])c1[2H]. The van der Waals surface area contributed by atoms with Gasteiger partial charge in [0, 0.05) is 23.0 Å². The Morgan fingerprint density at radius 1 is 0.586 bits per heavy atom. The summed E-state index contributed by atoms with van der Waals surface area (Å²) in [4.78, 5) is 4.85. The third-order valence-corrected chi connectivity index (χ3v) is 13.9. The van der Waals surface area contributed by atoms with Gasteiger partial charge in [-0.3, -0.25) is 13.7 Å². The minimum absolute atomic E-state index is 0.0976. The Morgan fingerprint density at radius 2 is 1.24 bits per heavy atom. The number of aromatic nitrogens is 4. The van der Waals surface area contributed by atoms with Crippen molar-refractivity contribution in [2.75, 3.05) is 0 Å². The lowest BCUT2D eigenvalue weighted by molar-refractivity contribution is -0.571. The maximum absolute atomic E-state index is 9.46. The normalized spacial score (nSPS) is 16.1. The van der Waals surface area contributed by atoms with E-state index in [4.69, 9.17) is 17.9 Å². The molecule has 5 heteroatoms. The first-order chi connectivity index (χ1) is 37.9. The van der Waals surface area contributed by atoms with Crippen molar-refractivity contribution >= 4 is 32.8 Å². The molecule has 70 heavy (non-hydrogen) atoms. The fourth-order valence-electron chi connectivity index (χ4n) is 10.9. The smallest absolute Gasteiger partial charge is 0.269 e. The number of ether oxygens (including phenoxy) is 1. The Hall–Kier alpha value is -8.02. The van der Waals surface area contributed by atoms with Crippen molar-refractivity contribution in [3.8, 4) is 62.1 Å². The Labute approximate surface area is 425 Å². The van der Waals surface area contributed by atoms with Crippen LogP contribution in [0.1, 0.15) is 85.3 Å². The summed E-state index contributed by atoms with van der Waals surface area (Å²) < 4.78 is 103. The first-order valence-corrected chi connectivity index (χ1v) is 23.7. The number of pyridine rings is 1. The molecule has 11 aromatic rings. The zero-order valence-electron chi connectivity index (χ0n) is 50.2. The van der Waals surface area contributed by atoms with Gasteiger partial charge in [0.2, 0.25) is 0 Å². The third kappa shape index (κ3) is 7.39. The number of fused-ring (bicyclic) bond motifs is 5. The van der Waals surface area contributed by atoms with E-state index >= 15 is 0 Å². The molecule has 0 spiro atoms. The monoisotopic (exact) mass is 919 g/mol. The standard InChI is InChI=1S/C65H56N4O/c1-63(2,3)47-33-34-66-61(38-47)69-57-26-15-14-25-51(57)52-31-30-50(40-60(52)69)70-49-24-18-23-48(39-49)67-42-68(59-28-17-16-27-58(59)67)62-53(43-19-10-8-11-20-43)35-46(36-54(62)44-21-12-9-13-22-44)45-29-32-55-56(37-45)65(6,7)41-64(55,4)5/h8-40H,41H2,1-7H3/i8D,9D,10D,11D,12D,13D,19D,20D,21D,22D. The summed E-state index contributed by atoms with van der Waals surface area (Å²) in [5, 5.41) is 2.12. The highest BCUT2D eigenvalue weighted by Gasteiger charge is 2.42. The van der Waals surface area contributed by atoms with Crippen LogP contribution in [-0.2, 0) is 16.2 Å². The van der Waals surface area contributed by atoms with Crippen LogP contribution in [0, 0.1) is 6.33 Å². The van der Waals surface area contributed by atoms with Crippen LogP contribution in [0.2, 0.25) is 0 Å². The molecule has 1 aliphatic carbocycles. The molecule has 0 saturated heterocycles. The van der Waals surface area contributed by atoms with Crippen LogP contribution in [0.4, 0.5) is 0 Å². The highest BCUT2D eigenvalue weighted by Crippen LogP contribution is 2.51. The number of imidazole rings is 1. The summed E-state index contributed by atoms with van der Waals surface area (Å²) in [6.07, 6.45) is 6.30. The van der Waals surface area contributed by atoms with Crippen LogP contribution in [0.15, 0.2) is 200 Å². The molecule has 0 N–H and O–H groups in total. The zero-order chi connectivity index (χ0) is 56.6. The number of nitrogens with zero attached hydrogens (tertiary/aromatic N) is 4. The highest BCUT2D eigenvalue weighted by molar-refractivity contribution is 6.09. The fourth-order valence-corrected chi connectivity index (χ4v) is 10.9. The van der Waals surface area contributed by atoms with Crippen molar-refractivity contribution < 1.29 is 23.0 Å². The quantitative estimate of drug-likeness (QED) is 0.112. The Balaban J connectivity index is 1.08. The van der Waals surface area contributed by atoms with Crippen molar-refractivity contribution in [2.24, 2.45) is 0 Å². The van der Waals surface area contributed by atoms with E-state index in [0.29, 0.717) is 33.8 Å². The summed E-state index contributed by atoms with van der Waals surface area (Å²) in [6.45, 7) is 15.4. The van der Waals surface area contributed by atoms with Crippen LogP contribution >= 0.6 is 0 Å². The van der Waals surface area contributed by atoms with Gasteiger partial charge in [-0.05, 0) is 133 Å². The molecular formula is C65H56N4O. The highest BCUT2D eigenvalue weighted by atomic mass is 16.5. The average molecular weight is 919 g/mol. The van der Waals surface area contributed by atoms with Gasteiger partial charge in [-0.25, -0.2) is 4.98 Å². The summed E-state index contributed by atoms with van der Waals surface area (Å²) in [6, 6.07) is 38.1. The van der Waals surface area contributed by atoms with Gasteiger partial charge in [-0.2, -0.15) is 0 Å². The van der Waals surface area contributed by atoms with Crippen molar-refractivity contribution in [2.45, 2.75) is 71.1 Å². The predicted molar refractivity (Wildman–Crippen MR) is 288 cm³/mol. The number of benzene rings is 8. The van der Waals surface area contributed by atoms with E-state index in [2.05, 4.69) is 102 Å². The number of hydrogen-bond acceptors (Lipinski definition) is 2. The van der Waals surface area contributed by atoms with Gasteiger partial charge in [-0.1, -0.05) is 176 Å². The van der Waals surface area contributed by atoms with E-state index in [0.717, 1.165) is 50.7 Å². The van der Waals surface area contributed by atoms with Crippen LogP contribution in [0.25, 0.3) is 83.4 Å². The van der Waals surface area contributed by atoms with Crippen molar-refractivity contribution in [1.82, 2.24) is 14.1 Å². The first kappa shape index (κ1) is 33.5. The minimum Gasteiger partial charge on any atom is -0.458 e. The molecule has 1 aliphatic rings. The molecule has 0 fully saturated rings. The van der Waals surface area contributed by atoms with Crippen LogP contribution in [0.5, 0.6) is 11.5 Å². The Morgan fingerprint density at radius 3 is 1.97 bits per heavy atom. The second-order valence-electron chi connectivity index (χ2n) is 20.7. The average Bonchev–Trinajstić information content (AvgIpc) is 3.27. The second-order valence-corrected chi connectivity index (χ2v) is 20.7. The van der Waals surface area contributed by atoms with E-state index in [9.17, 15) is 5.48 Å². The molecule has 0 radical (unpaired) electrons. The van der Waals surface area contributed by atoms with Crippen molar-refractivity contribution in [3.63, 3.8) is 0 Å². The molecule has 0 bridgehead atoms. The summed E-state index contributed by atoms with van der Waals surface area (Å²) >= 11 is 0. The molecule has 3 heterocycles. The van der Waals surface area contributed by atoms with Gasteiger partial charge in [0.1, 0.15) is 17.3 Å². The zero-order valence-corrected chi connectivity index (χ0v) is 40.2. The molecule has 342 valence electrons. The molecule has 12 rings (SSSR count). The fraction of sp³-hybridized carbons (Fsp3) is 0.169. The molecule has 0 unspecified atom stereocenters. The molecular weight excluding hydrogens is 853 g/mol. The summed E-state index contributed by atoms with van der Waals surface area (Å²) in [5.74, 6) is 1.89. The third-order valence-electron chi connectivity index (χ3n) is 13.9.